The van der Waals surface area contributed by atoms with Crippen LogP contribution in [0.2, 0.25) is 0 Å². The fourth-order valence-electron chi connectivity index (χ4n) is 2.69. The summed E-state index contributed by atoms with van der Waals surface area (Å²) in [6, 6.07) is 6.85. The van der Waals surface area contributed by atoms with E-state index in [1.54, 1.807) is 0 Å². The van der Waals surface area contributed by atoms with Crippen molar-refractivity contribution in [3.63, 3.8) is 0 Å². The van der Waals surface area contributed by atoms with Gasteiger partial charge in [0, 0.05) is 0 Å². The molecule has 1 fully saturated rings. The van der Waals surface area contributed by atoms with Crippen LogP contribution in [0.3, 0.4) is 0 Å². The van der Waals surface area contributed by atoms with Crippen molar-refractivity contribution in [1.29, 1.82) is 0 Å². The van der Waals surface area contributed by atoms with E-state index in [0.717, 1.165) is 6.54 Å². The summed E-state index contributed by atoms with van der Waals surface area (Å²) in [7, 11) is 2.16. The third-order valence-electron chi connectivity index (χ3n) is 3.98. The second-order valence-corrected chi connectivity index (χ2v) is 5.41. The first kappa shape index (κ1) is 14.0. The Kier molecular flexibility index (Phi) is 4.56. The zero-order valence-electron chi connectivity index (χ0n) is 11.4. The molecule has 1 aliphatic rings. The van der Waals surface area contributed by atoms with Gasteiger partial charge in [0.05, 0.1) is 0 Å². The van der Waals surface area contributed by atoms with Crippen LogP contribution in [-0.2, 0) is 4.79 Å². The molecule has 19 heavy (non-hydrogen) atoms. The second kappa shape index (κ2) is 6.17. The molecule has 0 bridgehead atoms. The summed E-state index contributed by atoms with van der Waals surface area (Å²) in [6.07, 6.45) is 3.59. The Morgan fingerprint density at radius 1 is 1.32 bits per heavy atom. The first-order valence-electron chi connectivity index (χ1n) is 6.84. The summed E-state index contributed by atoms with van der Waals surface area (Å²) < 4.78 is 0. The van der Waals surface area contributed by atoms with Gasteiger partial charge in [0.25, 0.3) is 0 Å². The number of rotatable bonds is 3. The highest BCUT2D eigenvalue weighted by molar-refractivity contribution is 5.75. The van der Waals surface area contributed by atoms with Crippen LogP contribution in [0.4, 0.5) is 0 Å². The molecule has 1 aliphatic heterocycles. The third-order valence-corrected chi connectivity index (χ3v) is 3.98. The number of benzene rings is 1. The molecule has 4 heteroatoms. The SMILES string of the molecule is CN1CCCC(c2ccc(C(N)C(=O)O)cc2)CC1. The molecule has 0 spiro atoms. The van der Waals surface area contributed by atoms with Crippen molar-refractivity contribution >= 4 is 5.97 Å². The highest BCUT2D eigenvalue weighted by atomic mass is 16.4. The predicted octanol–water partition coefficient (Wildman–Crippen LogP) is 1.97. The molecular formula is C15H22N2O2. The number of hydrogen-bond donors (Lipinski definition) is 2. The van der Waals surface area contributed by atoms with Crippen molar-refractivity contribution in [3.05, 3.63) is 35.4 Å². The average molecular weight is 262 g/mol. The number of carboxylic acid groups (broad SMARTS) is 1. The Hall–Kier alpha value is -1.39. The van der Waals surface area contributed by atoms with Crippen LogP contribution in [-0.4, -0.2) is 36.1 Å². The van der Waals surface area contributed by atoms with Crippen LogP contribution in [0.1, 0.15) is 42.3 Å². The van der Waals surface area contributed by atoms with Gasteiger partial charge in [-0.25, -0.2) is 0 Å². The molecule has 3 N–H and O–H groups in total. The molecule has 0 aromatic heterocycles. The Bertz CT molecular complexity index is 430. The van der Waals surface area contributed by atoms with E-state index in [1.165, 1.54) is 31.4 Å². The lowest BCUT2D eigenvalue weighted by Crippen LogP contribution is -2.20. The molecule has 1 aromatic rings. The summed E-state index contributed by atoms with van der Waals surface area (Å²) in [6.45, 7) is 2.29. The maximum Gasteiger partial charge on any atom is 0.325 e. The lowest BCUT2D eigenvalue weighted by molar-refractivity contribution is -0.138. The van der Waals surface area contributed by atoms with E-state index >= 15 is 0 Å². The van der Waals surface area contributed by atoms with Crippen molar-refractivity contribution < 1.29 is 9.90 Å². The predicted molar refractivity (Wildman–Crippen MR) is 75.1 cm³/mol. The summed E-state index contributed by atoms with van der Waals surface area (Å²) in [4.78, 5) is 13.2. The van der Waals surface area contributed by atoms with Crippen LogP contribution in [0.25, 0.3) is 0 Å². The van der Waals surface area contributed by atoms with E-state index in [0.29, 0.717) is 11.5 Å². The monoisotopic (exact) mass is 262 g/mol. The summed E-state index contributed by atoms with van der Waals surface area (Å²) in [5.41, 5.74) is 7.57. The molecule has 2 unspecified atom stereocenters. The second-order valence-electron chi connectivity index (χ2n) is 5.41. The van der Waals surface area contributed by atoms with Gasteiger partial charge in [-0.3, -0.25) is 4.79 Å². The molecule has 2 atom stereocenters. The molecule has 0 aliphatic carbocycles. The van der Waals surface area contributed by atoms with Gasteiger partial charge in [-0.15, -0.1) is 0 Å². The van der Waals surface area contributed by atoms with Crippen LogP contribution in [0.5, 0.6) is 0 Å². The average Bonchev–Trinajstić information content (AvgIpc) is 2.63. The lowest BCUT2D eigenvalue weighted by atomic mass is 9.91. The maximum atomic E-state index is 10.8. The van der Waals surface area contributed by atoms with Crippen molar-refractivity contribution in [3.8, 4) is 0 Å². The quantitative estimate of drug-likeness (QED) is 0.874. The van der Waals surface area contributed by atoms with E-state index < -0.39 is 12.0 Å². The fourth-order valence-corrected chi connectivity index (χ4v) is 2.69. The van der Waals surface area contributed by atoms with Crippen molar-refractivity contribution in [2.24, 2.45) is 5.73 Å². The van der Waals surface area contributed by atoms with E-state index in [4.69, 9.17) is 10.8 Å². The topological polar surface area (TPSA) is 66.6 Å². The Labute approximate surface area is 114 Å². The number of nitrogens with zero attached hydrogens (tertiary/aromatic N) is 1. The van der Waals surface area contributed by atoms with Gasteiger partial charge in [-0.05, 0) is 56.4 Å². The van der Waals surface area contributed by atoms with Crippen LogP contribution in [0.15, 0.2) is 24.3 Å². The van der Waals surface area contributed by atoms with Crippen LogP contribution < -0.4 is 5.73 Å². The molecule has 1 saturated heterocycles. The molecule has 0 radical (unpaired) electrons. The van der Waals surface area contributed by atoms with E-state index in [1.807, 2.05) is 24.3 Å². The zero-order valence-corrected chi connectivity index (χ0v) is 11.4. The largest absolute Gasteiger partial charge is 0.480 e. The summed E-state index contributed by atoms with van der Waals surface area (Å²) in [5.74, 6) is -0.399. The number of carboxylic acids is 1. The van der Waals surface area contributed by atoms with Crippen LogP contribution in [0, 0.1) is 0 Å². The molecule has 1 heterocycles. The molecule has 2 rings (SSSR count). The minimum atomic E-state index is -0.983. The Balaban J connectivity index is 2.07. The fraction of sp³-hybridized carbons (Fsp3) is 0.533. The minimum Gasteiger partial charge on any atom is -0.480 e. The molecule has 0 amide bonds. The van der Waals surface area contributed by atoms with Crippen LogP contribution >= 0.6 is 0 Å². The van der Waals surface area contributed by atoms with Crippen molar-refractivity contribution in [2.75, 3.05) is 20.1 Å². The molecule has 1 aromatic carbocycles. The first-order chi connectivity index (χ1) is 9.08. The maximum absolute atomic E-state index is 10.8. The zero-order chi connectivity index (χ0) is 13.8. The number of aliphatic carboxylic acids is 1. The minimum absolute atomic E-state index is 0.583. The van der Waals surface area contributed by atoms with E-state index in [2.05, 4.69) is 11.9 Å². The Morgan fingerprint density at radius 3 is 2.63 bits per heavy atom. The van der Waals surface area contributed by atoms with Crippen molar-refractivity contribution in [1.82, 2.24) is 4.90 Å². The molecule has 0 saturated carbocycles. The number of nitrogens with two attached hydrogens (primary N) is 1. The normalized spacial score (nSPS) is 22.7. The van der Waals surface area contributed by atoms with Gasteiger partial charge in [0.15, 0.2) is 0 Å². The highest BCUT2D eigenvalue weighted by Crippen LogP contribution is 2.28. The molecule has 4 nitrogen and oxygen atoms in total. The standard InChI is InChI=1S/C15H22N2O2/c1-17-9-2-3-11(8-10-17)12-4-6-13(7-5-12)14(16)15(18)19/h4-7,11,14H,2-3,8-10,16H2,1H3,(H,18,19). The number of carbonyl (C=O) groups is 1. The highest BCUT2D eigenvalue weighted by Gasteiger charge is 2.18. The lowest BCUT2D eigenvalue weighted by Gasteiger charge is -2.16. The van der Waals surface area contributed by atoms with Gasteiger partial charge < -0.3 is 15.7 Å². The first-order valence-corrected chi connectivity index (χ1v) is 6.84. The van der Waals surface area contributed by atoms with E-state index in [9.17, 15) is 4.79 Å². The number of likely N-dealkylation sites (tertiary alicyclic amines) is 1. The Morgan fingerprint density at radius 2 is 2.00 bits per heavy atom. The number of hydrogen-bond acceptors (Lipinski definition) is 3. The summed E-state index contributed by atoms with van der Waals surface area (Å²) in [5, 5.41) is 8.89. The van der Waals surface area contributed by atoms with Gasteiger partial charge >= 0.3 is 5.97 Å². The van der Waals surface area contributed by atoms with Gasteiger partial charge in [-0.1, -0.05) is 24.3 Å². The van der Waals surface area contributed by atoms with Gasteiger partial charge in [0.1, 0.15) is 6.04 Å². The smallest absolute Gasteiger partial charge is 0.325 e. The van der Waals surface area contributed by atoms with Gasteiger partial charge in [-0.2, -0.15) is 0 Å². The molecule has 104 valence electrons. The van der Waals surface area contributed by atoms with Crippen molar-refractivity contribution in [2.45, 2.75) is 31.2 Å². The third kappa shape index (κ3) is 3.55. The van der Waals surface area contributed by atoms with E-state index in [-0.39, 0.29) is 0 Å². The van der Waals surface area contributed by atoms with Gasteiger partial charge in [0.2, 0.25) is 0 Å². The summed E-state index contributed by atoms with van der Waals surface area (Å²) >= 11 is 0. The molecular weight excluding hydrogens is 240 g/mol.